The number of amides is 1. The van der Waals surface area contributed by atoms with Gasteiger partial charge in [0.15, 0.2) is 0 Å². The molecule has 1 amide bonds. The Bertz CT molecular complexity index is 744. The summed E-state index contributed by atoms with van der Waals surface area (Å²) < 4.78 is 36.7. The third-order valence-electron chi connectivity index (χ3n) is 4.44. The summed E-state index contributed by atoms with van der Waals surface area (Å²) in [7, 11) is -2.30. The zero-order chi connectivity index (χ0) is 18.0. The van der Waals surface area contributed by atoms with Crippen LogP contribution in [0.3, 0.4) is 0 Å². The maximum atomic E-state index is 12.3. The summed E-state index contributed by atoms with van der Waals surface area (Å²) in [6.45, 7) is 0.323. The Morgan fingerprint density at radius 2 is 2.08 bits per heavy atom. The van der Waals surface area contributed by atoms with Gasteiger partial charge < -0.3 is 5.32 Å². The third kappa shape index (κ3) is 3.69. The Hall–Kier alpha value is -1.29. The number of rotatable bonds is 7. The molecule has 1 N–H and O–H groups in total. The van der Waals surface area contributed by atoms with Gasteiger partial charge in [-0.25, -0.2) is 8.42 Å². The van der Waals surface area contributed by atoms with E-state index in [1.165, 1.54) is 38.4 Å². The molecule has 134 valence electrons. The molecule has 1 aliphatic rings. The van der Waals surface area contributed by atoms with Gasteiger partial charge >= 0.3 is 0 Å². The molecule has 1 atom stereocenters. The molecule has 0 radical (unpaired) electrons. The first kappa shape index (κ1) is 19.0. The quantitative estimate of drug-likeness (QED) is 0.716. The van der Waals surface area contributed by atoms with E-state index in [2.05, 4.69) is 5.32 Å². The maximum Gasteiger partial charge on any atom is 0.264 e. The van der Waals surface area contributed by atoms with Crippen LogP contribution in [0.5, 0.6) is 0 Å². The lowest BCUT2D eigenvalue weighted by Crippen LogP contribution is -2.50. The zero-order valence-electron chi connectivity index (χ0n) is 13.9. The minimum absolute atomic E-state index is 0.0306. The Labute approximate surface area is 144 Å². The van der Waals surface area contributed by atoms with E-state index in [9.17, 15) is 17.4 Å². The Kier molecular flexibility index (Phi) is 5.79. The molecular weight excluding hydrogens is 352 g/mol. The van der Waals surface area contributed by atoms with Gasteiger partial charge in [-0.3, -0.25) is 13.8 Å². The second-order valence-electron chi connectivity index (χ2n) is 5.80. The highest BCUT2D eigenvalue weighted by atomic mass is 32.2. The standard InChI is InChI=1S/C15H22N2O5S2/c1-17(22-2)24(20,21)13-7-4-6-12(10-13)14(18)16-11-15(23(3)19)8-5-9-15/h4,6-7,10H,5,8-9,11H2,1-3H3,(H,16,18)/t23-/m0/s1. The van der Waals surface area contributed by atoms with Gasteiger partial charge in [0.05, 0.1) is 16.8 Å². The molecule has 0 saturated heterocycles. The molecule has 7 nitrogen and oxygen atoms in total. The molecule has 1 aromatic carbocycles. The van der Waals surface area contributed by atoms with E-state index in [0.717, 1.165) is 23.7 Å². The summed E-state index contributed by atoms with van der Waals surface area (Å²) in [5.74, 6) is -0.385. The summed E-state index contributed by atoms with van der Waals surface area (Å²) in [6.07, 6.45) is 4.30. The van der Waals surface area contributed by atoms with Crippen molar-refractivity contribution in [2.24, 2.45) is 0 Å². The Morgan fingerprint density at radius 3 is 2.58 bits per heavy atom. The molecule has 0 heterocycles. The molecule has 1 fully saturated rings. The van der Waals surface area contributed by atoms with E-state index in [4.69, 9.17) is 4.84 Å². The predicted octanol–water partition coefficient (Wildman–Crippen LogP) is 0.899. The van der Waals surface area contributed by atoms with Crippen molar-refractivity contribution in [3.05, 3.63) is 29.8 Å². The number of hydrogen-bond donors (Lipinski definition) is 1. The Balaban J connectivity index is 2.14. The molecule has 1 saturated carbocycles. The molecule has 1 aromatic rings. The smallest absolute Gasteiger partial charge is 0.264 e. The summed E-state index contributed by atoms with van der Waals surface area (Å²) >= 11 is 0. The first-order valence-corrected chi connectivity index (χ1v) is 10.5. The van der Waals surface area contributed by atoms with Crippen molar-refractivity contribution in [3.8, 4) is 0 Å². The lowest BCUT2D eigenvalue weighted by atomic mass is 9.84. The monoisotopic (exact) mass is 374 g/mol. The van der Waals surface area contributed by atoms with Crippen LogP contribution in [0.1, 0.15) is 29.6 Å². The number of hydrogen-bond acceptors (Lipinski definition) is 5. The van der Waals surface area contributed by atoms with E-state index in [1.54, 1.807) is 6.26 Å². The van der Waals surface area contributed by atoms with Crippen LogP contribution in [0.2, 0.25) is 0 Å². The van der Waals surface area contributed by atoms with Crippen molar-refractivity contribution in [2.75, 3.05) is 27.0 Å². The summed E-state index contributed by atoms with van der Waals surface area (Å²) in [6, 6.07) is 5.74. The first-order valence-electron chi connectivity index (χ1n) is 7.48. The van der Waals surface area contributed by atoms with E-state index in [1.807, 2.05) is 0 Å². The van der Waals surface area contributed by atoms with Crippen molar-refractivity contribution < 1.29 is 22.3 Å². The minimum Gasteiger partial charge on any atom is -0.351 e. The minimum atomic E-state index is -3.81. The molecule has 24 heavy (non-hydrogen) atoms. The van der Waals surface area contributed by atoms with E-state index in [0.29, 0.717) is 6.54 Å². The average Bonchev–Trinajstić information content (AvgIpc) is 2.52. The summed E-state index contributed by atoms with van der Waals surface area (Å²) in [5.41, 5.74) is 0.233. The molecule has 0 aliphatic heterocycles. The predicted molar refractivity (Wildman–Crippen MR) is 91.4 cm³/mol. The van der Waals surface area contributed by atoms with Crippen LogP contribution in [0.25, 0.3) is 0 Å². The fourth-order valence-electron chi connectivity index (χ4n) is 2.52. The highest BCUT2D eigenvalue weighted by Crippen LogP contribution is 2.36. The first-order chi connectivity index (χ1) is 11.2. The lowest BCUT2D eigenvalue weighted by molar-refractivity contribution is -0.0258. The number of nitrogens with zero attached hydrogens (tertiary/aromatic N) is 1. The van der Waals surface area contributed by atoms with Gasteiger partial charge in [0.2, 0.25) is 0 Å². The van der Waals surface area contributed by atoms with Gasteiger partial charge in [-0.1, -0.05) is 17.0 Å². The fourth-order valence-corrected chi connectivity index (χ4v) is 4.68. The average molecular weight is 374 g/mol. The third-order valence-corrected chi connectivity index (χ3v) is 7.88. The highest BCUT2D eigenvalue weighted by molar-refractivity contribution is 7.89. The Morgan fingerprint density at radius 1 is 1.42 bits per heavy atom. The number of hydroxylamine groups is 1. The van der Waals surface area contributed by atoms with Gasteiger partial charge in [0, 0.05) is 36.2 Å². The second kappa shape index (κ2) is 7.30. The highest BCUT2D eigenvalue weighted by Gasteiger charge is 2.41. The number of benzene rings is 1. The van der Waals surface area contributed by atoms with Crippen LogP contribution < -0.4 is 5.32 Å². The molecule has 0 unspecified atom stereocenters. The van der Waals surface area contributed by atoms with Gasteiger partial charge in [0.1, 0.15) is 0 Å². The summed E-state index contributed by atoms with van der Waals surface area (Å²) in [5, 5.41) is 2.77. The fraction of sp³-hybridized carbons (Fsp3) is 0.533. The van der Waals surface area contributed by atoms with Crippen molar-refractivity contribution in [2.45, 2.75) is 28.9 Å². The molecular formula is C15H22N2O5S2. The van der Waals surface area contributed by atoms with Crippen LogP contribution >= 0.6 is 0 Å². The molecule has 0 aromatic heterocycles. The van der Waals surface area contributed by atoms with Crippen LogP contribution in [-0.2, 0) is 25.7 Å². The van der Waals surface area contributed by atoms with Crippen LogP contribution in [-0.4, -0.2) is 54.7 Å². The van der Waals surface area contributed by atoms with Crippen LogP contribution in [0.4, 0.5) is 0 Å². The number of sulfonamides is 1. The number of carbonyl (C=O) groups excluding carboxylic acids is 1. The number of carbonyl (C=O) groups is 1. The topological polar surface area (TPSA) is 92.8 Å². The second-order valence-corrected chi connectivity index (χ2v) is 9.51. The maximum absolute atomic E-state index is 12.3. The summed E-state index contributed by atoms with van der Waals surface area (Å²) in [4.78, 5) is 17.0. The molecule has 9 heteroatoms. The van der Waals surface area contributed by atoms with Crippen LogP contribution in [0.15, 0.2) is 29.2 Å². The largest absolute Gasteiger partial charge is 0.351 e. The van der Waals surface area contributed by atoms with Gasteiger partial charge in [-0.05, 0) is 31.0 Å². The van der Waals surface area contributed by atoms with Crippen molar-refractivity contribution in [1.29, 1.82) is 0 Å². The SMILES string of the molecule is CON(C)S(=O)(=O)c1cccc(C(=O)NCC2([S@](C)=O)CCC2)c1. The van der Waals surface area contributed by atoms with Gasteiger partial charge in [0.25, 0.3) is 15.9 Å². The van der Waals surface area contributed by atoms with Crippen LogP contribution in [0, 0.1) is 0 Å². The number of nitrogens with one attached hydrogen (secondary N) is 1. The van der Waals surface area contributed by atoms with E-state index < -0.39 is 20.8 Å². The van der Waals surface area contributed by atoms with Gasteiger partial charge in [-0.15, -0.1) is 0 Å². The molecule has 1 aliphatic carbocycles. The lowest BCUT2D eigenvalue weighted by Gasteiger charge is -2.39. The normalized spacial score (nSPS) is 18.0. The van der Waals surface area contributed by atoms with Gasteiger partial charge in [-0.2, -0.15) is 0 Å². The van der Waals surface area contributed by atoms with E-state index in [-0.39, 0.29) is 21.1 Å². The van der Waals surface area contributed by atoms with E-state index >= 15 is 0 Å². The van der Waals surface area contributed by atoms with Crippen molar-refractivity contribution in [1.82, 2.24) is 9.79 Å². The van der Waals surface area contributed by atoms with Crippen molar-refractivity contribution in [3.63, 3.8) is 0 Å². The molecule has 0 bridgehead atoms. The molecule has 2 rings (SSSR count). The van der Waals surface area contributed by atoms with Crippen molar-refractivity contribution >= 4 is 26.7 Å². The zero-order valence-corrected chi connectivity index (χ0v) is 15.6. The molecule has 0 spiro atoms.